The topological polar surface area (TPSA) is 120 Å². The number of likely N-dealkylation sites (tertiary alicyclic amines) is 1. The summed E-state index contributed by atoms with van der Waals surface area (Å²) >= 11 is 6.26. The molecule has 3 fully saturated rings. The lowest BCUT2D eigenvalue weighted by molar-refractivity contribution is 0.290. The molecule has 4 atom stereocenters. The predicted octanol–water partition coefficient (Wildman–Crippen LogP) is 3.86. The van der Waals surface area contributed by atoms with E-state index in [1.807, 2.05) is 10.4 Å². The molecule has 214 valence electrons. The molecule has 0 radical (unpaired) electrons. The molecule has 2 bridgehead atoms. The van der Waals surface area contributed by atoms with Crippen molar-refractivity contribution < 1.29 is 8.60 Å². The van der Waals surface area contributed by atoms with Gasteiger partial charge in [0.2, 0.25) is 11.9 Å². The number of benzene rings is 1. The molecule has 0 amide bonds. The Morgan fingerprint density at radius 3 is 2.62 bits per heavy atom. The maximum Gasteiger partial charge on any atom is 0.220 e. The van der Waals surface area contributed by atoms with Crippen molar-refractivity contribution in [3.8, 4) is 17.3 Å². The van der Waals surface area contributed by atoms with Gasteiger partial charge in [-0.25, -0.2) is 27.9 Å². The number of nitrogen functional groups attached to an aromatic ring is 1. The average Bonchev–Trinajstić information content (AvgIpc) is 3.62. The Bertz CT molecular complexity index is 1470. The van der Waals surface area contributed by atoms with Gasteiger partial charge >= 0.3 is 0 Å². The van der Waals surface area contributed by atoms with E-state index in [1.165, 1.54) is 12.3 Å². The van der Waals surface area contributed by atoms with Gasteiger partial charge in [0.25, 0.3) is 0 Å². The van der Waals surface area contributed by atoms with Gasteiger partial charge in [-0.15, -0.1) is 0 Å². The van der Waals surface area contributed by atoms with Crippen molar-refractivity contribution in [1.82, 2.24) is 28.7 Å². The number of nitrogens with two attached hydrogens (primary N) is 1. The number of piperazine rings is 1. The molecule has 3 aliphatic heterocycles. The lowest BCUT2D eigenvalue weighted by Gasteiger charge is -2.33. The highest BCUT2D eigenvalue weighted by molar-refractivity contribution is 7.81. The second kappa shape index (κ2) is 11.6. The van der Waals surface area contributed by atoms with Crippen LogP contribution >= 0.6 is 11.6 Å². The van der Waals surface area contributed by atoms with Crippen LogP contribution in [0.1, 0.15) is 39.2 Å². The Balaban J connectivity index is 0.000000248. The number of piperidine rings is 1. The van der Waals surface area contributed by atoms with Crippen molar-refractivity contribution in [2.24, 2.45) is 5.92 Å². The van der Waals surface area contributed by atoms with Crippen molar-refractivity contribution in [1.29, 1.82) is 5.26 Å². The van der Waals surface area contributed by atoms with Gasteiger partial charge in [-0.05, 0) is 52.3 Å². The minimum Gasteiger partial charge on any atom is -0.368 e. The first kappa shape index (κ1) is 28.7. The van der Waals surface area contributed by atoms with E-state index in [0.29, 0.717) is 40.4 Å². The number of nitrogens with zero attached hydrogens (tertiary/aromatic N) is 8. The van der Waals surface area contributed by atoms with Crippen LogP contribution in [0, 0.1) is 23.1 Å². The average molecular weight is 588 g/mol. The molecule has 0 aliphatic carbocycles. The largest absolute Gasteiger partial charge is 0.368 e. The zero-order valence-electron chi connectivity index (χ0n) is 23.2. The van der Waals surface area contributed by atoms with Crippen LogP contribution in [0.25, 0.3) is 22.3 Å². The van der Waals surface area contributed by atoms with Crippen LogP contribution in [-0.4, -0.2) is 84.5 Å². The fourth-order valence-electron chi connectivity index (χ4n) is 5.96. The van der Waals surface area contributed by atoms with Crippen LogP contribution in [-0.2, 0) is 11.0 Å². The van der Waals surface area contributed by atoms with Crippen molar-refractivity contribution in [2.75, 3.05) is 50.1 Å². The standard InChI is InChI=1S/C20H23ClFN7.C7H12N2OS/c1-10(2)29-16-5-11(17-14(21)7-24-19(23)25-17)4-15(22)18(16)26-20(29)28-9-12-6-13(28)8-27(12)3;1-11(10)9-4-2-3-7(5-8)6-9/h4-5,7,10,12-13H,6,8-9H2,1-3H3,(H2,23,24,25);7H,2-4,6H2,1H3. The summed E-state index contributed by atoms with van der Waals surface area (Å²) in [4.78, 5) is 17.6. The molecule has 3 aliphatic rings. The van der Waals surface area contributed by atoms with Crippen LogP contribution in [0.2, 0.25) is 5.02 Å². The maximum atomic E-state index is 15.1. The lowest BCUT2D eigenvalue weighted by Crippen LogP contribution is -2.45. The van der Waals surface area contributed by atoms with E-state index in [0.717, 1.165) is 50.4 Å². The summed E-state index contributed by atoms with van der Waals surface area (Å²) < 4.78 is 30.1. The number of likely N-dealkylation sites (N-methyl/N-ethyl adjacent to an activating group) is 1. The maximum absolute atomic E-state index is 15.1. The number of aromatic nitrogens is 4. The lowest BCUT2D eigenvalue weighted by atomic mass is 10.0. The monoisotopic (exact) mass is 587 g/mol. The highest BCUT2D eigenvalue weighted by atomic mass is 35.5. The van der Waals surface area contributed by atoms with Crippen molar-refractivity contribution in [3.05, 3.63) is 29.2 Å². The summed E-state index contributed by atoms with van der Waals surface area (Å²) in [5, 5.41) is 8.94. The highest BCUT2D eigenvalue weighted by Gasteiger charge is 2.43. The second-order valence-electron chi connectivity index (χ2n) is 11.0. The Morgan fingerprint density at radius 2 is 2.00 bits per heavy atom. The number of imidazole rings is 1. The number of hydrogen-bond donors (Lipinski definition) is 1. The fourth-order valence-corrected chi connectivity index (χ4v) is 6.94. The first-order valence-corrected chi connectivity index (χ1v) is 15.4. The summed E-state index contributed by atoms with van der Waals surface area (Å²) in [6.45, 7) is 7.66. The van der Waals surface area contributed by atoms with Gasteiger partial charge in [-0.2, -0.15) is 5.26 Å². The molecule has 4 unspecified atom stereocenters. The highest BCUT2D eigenvalue weighted by Crippen LogP contribution is 2.38. The van der Waals surface area contributed by atoms with E-state index in [2.05, 4.69) is 51.3 Å². The Labute approximate surface area is 241 Å². The van der Waals surface area contributed by atoms with Crippen LogP contribution in [0.3, 0.4) is 0 Å². The Hall–Kier alpha value is -2.85. The molecule has 2 N–H and O–H groups in total. The molecule has 0 spiro atoms. The van der Waals surface area contributed by atoms with Gasteiger partial charge < -0.3 is 15.2 Å². The first-order valence-electron chi connectivity index (χ1n) is 13.5. The van der Waals surface area contributed by atoms with Crippen LogP contribution in [0.15, 0.2) is 18.3 Å². The number of halogens is 2. The molecule has 13 heteroatoms. The third kappa shape index (κ3) is 5.52. The zero-order valence-corrected chi connectivity index (χ0v) is 24.8. The smallest absolute Gasteiger partial charge is 0.220 e. The fraction of sp³-hybridized carbons (Fsp3) is 0.556. The molecule has 40 heavy (non-hydrogen) atoms. The molecule has 1 aromatic carbocycles. The Morgan fingerprint density at radius 1 is 1.23 bits per heavy atom. The summed E-state index contributed by atoms with van der Waals surface area (Å²) in [6.07, 6.45) is 6.19. The van der Waals surface area contributed by atoms with Gasteiger partial charge in [0, 0.05) is 56.1 Å². The SMILES string of the molecule is CC(C)n1c(N2CC3CC2CN3C)nc2c(F)cc(-c3nc(N)ncc3Cl)cc21.CS(=O)N1CCCC(C#N)C1. The van der Waals surface area contributed by atoms with Gasteiger partial charge in [-0.1, -0.05) is 11.6 Å². The summed E-state index contributed by atoms with van der Waals surface area (Å²) in [6, 6.07) is 6.59. The van der Waals surface area contributed by atoms with E-state index in [-0.39, 0.29) is 17.9 Å². The molecule has 3 saturated heterocycles. The van der Waals surface area contributed by atoms with Crippen LogP contribution in [0.4, 0.5) is 16.3 Å². The summed E-state index contributed by atoms with van der Waals surface area (Å²) in [7, 11) is 1.27. The molecular weight excluding hydrogens is 553 g/mol. The van der Waals surface area contributed by atoms with Crippen LogP contribution in [0.5, 0.6) is 0 Å². The molecular formula is C27H35ClFN9OS. The number of rotatable bonds is 4. The molecule has 10 nitrogen and oxygen atoms in total. The minimum absolute atomic E-state index is 0.0904. The number of anilines is 2. The molecule has 3 aromatic rings. The second-order valence-corrected chi connectivity index (χ2v) is 12.8. The quantitative estimate of drug-likeness (QED) is 0.489. The third-order valence-corrected chi connectivity index (χ3v) is 9.32. The molecule has 2 aromatic heterocycles. The first-order chi connectivity index (χ1) is 19.1. The van der Waals surface area contributed by atoms with Crippen molar-refractivity contribution in [3.63, 3.8) is 0 Å². The van der Waals surface area contributed by atoms with E-state index >= 15 is 4.39 Å². The van der Waals surface area contributed by atoms with Gasteiger partial charge in [0.15, 0.2) is 5.82 Å². The zero-order chi connectivity index (χ0) is 28.7. The predicted molar refractivity (Wildman–Crippen MR) is 157 cm³/mol. The molecule has 0 saturated carbocycles. The normalized spacial score (nSPS) is 23.9. The van der Waals surface area contributed by atoms with Crippen LogP contribution < -0.4 is 10.6 Å². The van der Waals surface area contributed by atoms with Crippen molar-refractivity contribution in [2.45, 2.75) is 51.2 Å². The van der Waals surface area contributed by atoms with Gasteiger partial charge in [0.05, 0.1) is 45.4 Å². The van der Waals surface area contributed by atoms with Gasteiger partial charge in [-0.3, -0.25) is 4.90 Å². The number of fused-ring (bicyclic) bond motifs is 3. The summed E-state index contributed by atoms with van der Waals surface area (Å²) in [5.74, 6) is 0.626. The number of nitriles is 1. The minimum atomic E-state index is -0.892. The van der Waals surface area contributed by atoms with E-state index in [9.17, 15) is 4.21 Å². The van der Waals surface area contributed by atoms with E-state index in [4.69, 9.17) is 27.6 Å². The van der Waals surface area contributed by atoms with E-state index in [1.54, 1.807) is 6.26 Å². The molecule has 6 rings (SSSR count). The molecule has 5 heterocycles. The Kier molecular flexibility index (Phi) is 8.29. The number of hydrogen-bond acceptors (Lipinski definition) is 8. The van der Waals surface area contributed by atoms with Gasteiger partial charge in [0.1, 0.15) is 5.52 Å². The van der Waals surface area contributed by atoms with E-state index < -0.39 is 16.8 Å². The summed E-state index contributed by atoms with van der Waals surface area (Å²) in [5.41, 5.74) is 7.80. The van der Waals surface area contributed by atoms with Crippen molar-refractivity contribution >= 4 is 45.5 Å². The third-order valence-electron chi connectivity index (χ3n) is 7.98.